The summed E-state index contributed by atoms with van der Waals surface area (Å²) in [5, 5.41) is 1.99. The third-order valence-corrected chi connectivity index (χ3v) is 4.85. The van der Waals surface area contributed by atoms with Crippen LogP contribution >= 0.6 is 34.7 Å². The molecule has 3 aromatic rings. The number of hydrogen-bond donors (Lipinski definition) is 0. The van der Waals surface area contributed by atoms with Crippen molar-refractivity contribution in [2.45, 2.75) is 9.37 Å². The molecule has 0 aliphatic rings. The molecule has 0 spiro atoms. The smallest absolute Gasteiger partial charge is 0.163 e. The average Bonchev–Trinajstić information content (AvgIpc) is 2.79. The van der Waals surface area contributed by atoms with Crippen LogP contribution in [0.5, 0.6) is 0 Å². The predicted molar refractivity (Wildman–Crippen MR) is 76.2 cm³/mol. The molecule has 0 bridgehead atoms. The zero-order chi connectivity index (χ0) is 13.2. The van der Waals surface area contributed by atoms with Crippen molar-refractivity contribution >= 4 is 51.9 Å². The van der Waals surface area contributed by atoms with Crippen LogP contribution in [0.2, 0.25) is 5.15 Å². The molecule has 0 aliphatic carbocycles. The Balaban J connectivity index is 2.03. The molecule has 7 heteroatoms. The molecule has 0 unspecified atom stereocenters. The van der Waals surface area contributed by atoms with Crippen LogP contribution in [0, 0.1) is 0 Å². The van der Waals surface area contributed by atoms with Crippen LogP contribution in [0.25, 0.3) is 10.9 Å². The summed E-state index contributed by atoms with van der Waals surface area (Å²) in [6, 6.07) is 7.73. The number of hydrogen-bond acceptors (Lipinski definition) is 6. The number of carbonyl (C=O) groups excluding carboxylic acids is 1. The monoisotopic (exact) mass is 307 g/mol. The predicted octanol–water partition coefficient (Wildman–Crippen LogP) is 3.70. The molecule has 0 amide bonds. The number of aromatic nitrogens is 3. The van der Waals surface area contributed by atoms with Crippen LogP contribution in [0.3, 0.4) is 0 Å². The molecule has 19 heavy (non-hydrogen) atoms. The van der Waals surface area contributed by atoms with E-state index in [1.54, 1.807) is 0 Å². The van der Waals surface area contributed by atoms with Gasteiger partial charge in [0, 0.05) is 5.39 Å². The number of benzene rings is 1. The molecule has 4 nitrogen and oxygen atoms in total. The first-order valence-corrected chi connectivity index (χ1v) is 7.28. The molecule has 0 aliphatic heterocycles. The van der Waals surface area contributed by atoms with Gasteiger partial charge in [0.1, 0.15) is 16.2 Å². The van der Waals surface area contributed by atoms with Crippen molar-refractivity contribution in [3.63, 3.8) is 0 Å². The Labute approximate surface area is 121 Å². The van der Waals surface area contributed by atoms with Crippen LogP contribution < -0.4 is 0 Å². The van der Waals surface area contributed by atoms with Crippen LogP contribution in [0.4, 0.5) is 0 Å². The Morgan fingerprint density at radius 1 is 1.26 bits per heavy atom. The standard InChI is InChI=1S/C12H6ClN3OS2/c13-10-9(5-17)18-12(16-10)19-11-7-3-1-2-4-8(7)14-6-15-11/h1-6H. The Kier molecular flexibility index (Phi) is 3.46. The van der Waals surface area contributed by atoms with Gasteiger partial charge in [-0.05, 0) is 17.8 Å². The van der Waals surface area contributed by atoms with Gasteiger partial charge in [0.15, 0.2) is 15.8 Å². The number of thiazole rings is 1. The fraction of sp³-hybridized carbons (Fsp3) is 0. The number of nitrogens with zero attached hydrogens (tertiary/aromatic N) is 3. The molecule has 3 rings (SSSR count). The van der Waals surface area contributed by atoms with E-state index < -0.39 is 0 Å². The van der Waals surface area contributed by atoms with E-state index in [0.29, 0.717) is 15.5 Å². The third-order valence-electron chi connectivity index (χ3n) is 2.39. The normalized spacial score (nSPS) is 10.8. The highest BCUT2D eigenvalue weighted by Crippen LogP contribution is 2.35. The van der Waals surface area contributed by atoms with E-state index in [2.05, 4.69) is 15.0 Å². The van der Waals surface area contributed by atoms with Crippen LogP contribution in [0.1, 0.15) is 9.67 Å². The van der Waals surface area contributed by atoms with Crippen molar-refractivity contribution in [1.29, 1.82) is 0 Å². The minimum atomic E-state index is 0.237. The lowest BCUT2D eigenvalue weighted by Gasteiger charge is -2.01. The van der Waals surface area contributed by atoms with Gasteiger partial charge in [-0.2, -0.15) is 0 Å². The minimum Gasteiger partial charge on any atom is -0.297 e. The fourth-order valence-electron chi connectivity index (χ4n) is 1.55. The average molecular weight is 308 g/mol. The molecule has 2 aromatic heterocycles. The summed E-state index contributed by atoms with van der Waals surface area (Å²) in [6.45, 7) is 0. The molecule has 1 aromatic carbocycles. The zero-order valence-corrected chi connectivity index (χ0v) is 11.8. The summed E-state index contributed by atoms with van der Waals surface area (Å²) in [4.78, 5) is 23.8. The Hall–Kier alpha value is -1.50. The van der Waals surface area contributed by atoms with Gasteiger partial charge in [-0.3, -0.25) is 4.79 Å². The van der Waals surface area contributed by atoms with E-state index in [1.165, 1.54) is 29.4 Å². The molecule has 0 N–H and O–H groups in total. The molecule has 0 fully saturated rings. The van der Waals surface area contributed by atoms with E-state index in [-0.39, 0.29) is 5.15 Å². The zero-order valence-electron chi connectivity index (χ0n) is 9.41. The lowest BCUT2D eigenvalue weighted by Crippen LogP contribution is -1.85. The summed E-state index contributed by atoms with van der Waals surface area (Å²) in [6.07, 6.45) is 2.22. The van der Waals surface area contributed by atoms with Gasteiger partial charge < -0.3 is 0 Å². The van der Waals surface area contributed by atoms with Gasteiger partial charge in [0.25, 0.3) is 0 Å². The maximum atomic E-state index is 10.8. The lowest BCUT2D eigenvalue weighted by molar-refractivity contribution is 0.112. The summed E-state index contributed by atoms with van der Waals surface area (Å²) in [7, 11) is 0. The Morgan fingerprint density at radius 3 is 2.89 bits per heavy atom. The largest absolute Gasteiger partial charge is 0.297 e. The van der Waals surface area contributed by atoms with Crippen LogP contribution in [-0.4, -0.2) is 21.2 Å². The van der Waals surface area contributed by atoms with Gasteiger partial charge in [0.2, 0.25) is 0 Å². The van der Waals surface area contributed by atoms with E-state index in [0.717, 1.165) is 15.9 Å². The number of carbonyl (C=O) groups is 1. The summed E-state index contributed by atoms with van der Waals surface area (Å²) in [5.74, 6) is 0. The van der Waals surface area contributed by atoms with Crippen molar-refractivity contribution in [3.05, 3.63) is 40.6 Å². The van der Waals surface area contributed by atoms with Crippen LogP contribution in [-0.2, 0) is 0 Å². The summed E-state index contributed by atoms with van der Waals surface area (Å²) < 4.78 is 0.691. The first kappa shape index (κ1) is 12.5. The van der Waals surface area contributed by atoms with Crippen molar-refractivity contribution < 1.29 is 4.79 Å². The highest BCUT2D eigenvalue weighted by Gasteiger charge is 2.12. The molecule has 0 saturated carbocycles. The van der Waals surface area contributed by atoms with Crippen molar-refractivity contribution in [1.82, 2.24) is 15.0 Å². The summed E-state index contributed by atoms with van der Waals surface area (Å²) in [5.41, 5.74) is 0.873. The molecular formula is C12H6ClN3OS2. The molecule has 2 heterocycles. The van der Waals surface area contributed by atoms with Gasteiger partial charge in [-0.25, -0.2) is 15.0 Å². The lowest BCUT2D eigenvalue weighted by atomic mass is 10.2. The van der Waals surface area contributed by atoms with E-state index in [4.69, 9.17) is 11.6 Å². The number of fused-ring (bicyclic) bond motifs is 1. The van der Waals surface area contributed by atoms with Crippen molar-refractivity contribution in [3.8, 4) is 0 Å². The second kappa shape index (κ2) is 5.24. The molecular weight excluding hydrogens is 302 g/mol. The number of rotatable bonds is 3. The Bertz CT molecular complexity index is 754. The fourth-order valence-corrected chi connectivity index (χ4v) is 3.76. The number of para-hydroxylation sites is 1. The quantitative estimate of drug-likeness (QED) is 0.545. The maximum absolute atomic E-state index is 10.8. The molecule has 0 atom stereocenters. The highest BCUT2D eigenvalue weighted by atomic mass is 35.5. The van der Waals surface area contributed by atoms with Gasteiger partial charge >= 0.3 is 0 Å². The number of halogens is 1. The van der Waals surface area contributed by atoms with E-state index in [1.807, 2.05) is 24.3 Å². The first-order valence-electron chi connectivity index (χ1n) is 5.27. The first-order chi connectivity index (χ1) is 9.28. The molecule has 0 saturated heterocycles. The van der Waals surface area contributed by atoms with Gasteiger partial charge in [0.05, 0.1) is 5.52 Å². The second-order valence-electron chi connectivity index (χ2n) is 3.55. The van der Waals surface area contributed by atoms with Crippen LogP contribution in [0.15, 0.2) is 40.0 Å². The number of aldehydes is 1. The minimum absolute atomic E-state index is 0.237. The van der Waals surface area contributed by atoms with E-state index >= 15 is 0 Å². The second-order valence-corrected chi connectivity index (χ2v) is 6.18. The van der Waals surface area contributed by atoms with Gasteiger partial charge in [-0.1, -0.05) is 29.8 Å². The van der Waals surface area contributed by atoms with Gasteiger partial charge in [-0.15, -0.1) is 11.3 Å². The maximum Gasteiger partial charge on any atom is 0.163 e. The third kappa shape index (κ3) is 2.47. The van der Waals surface area contributed by atoms with E-state index in [9.17, 15) is 4.79 Å². The molecule has 0 radical (unpaired) electrons. The molecule has 94 valence electrons. The summed E-state index contributed by atoms with van der Waals surface area (Å²) >= 11 is 8.49. The Morgan fingerprint density at radius 2 is 2.11 bits per heavy atom. The van der Waals surface area contributed by atoms with Crippen molar-refractivity contribution in [2.75, 3.05) is 0 Å². The highest BCUT2D eigenvalue weighted by molar-refractivity contribution is 8.01. The topological polar surface area (TPSA) is 55.7 Å². The van der Waals surface area contributed by atoms with Crippen molar-refractivity contribution in [2.24, 2.45) is 0 Å². The SMILES string of the molecule is O=Cc1sc(Sc2ncnc3ccccc23)nc1Cl.